The standard InChI is InChI=1S/C9H6N2O4/c12-5-6-4-10(13)9-2-1-7(11(14)15)3-8(6)9/h1-5,13H. The van der Waals surface area contributed by atoms with Crippen LogP contribution in [0.5, 0.6) is 0 Å². The van der Waals surface area contributed by atoms with Crippen molar-refractivity contribution in [1.82, 2.24) is 4.73 Å². The summed E-state index contributed by atoms with van der Waals surface area (Å²) >= 11 is 0. The second kappa shape index (κ2) is 3.09. The number of non-ortho nitro benzene ring substituents is 1. The highest BCUT2D eigenvalue weighted by Crippen LogP contribution is 2.24. The fourth-order valence-corrected chi connectivity index (χ4v) is 1.43. The highest BCUT2D eigenvalue weighted by Gasteiger charge is 2.12. The third kappa shape index (κ3) is 1.32. The first-order chi connectivity index (χ1) is 7.13. The van der Waals surface area contributed by atoms with E-state index in [4.69, 9.17) is 0 Å². The second-order valence-corrected chi connectivity index (χ2v) is 3.01. The molecule has 0 amide bonds. The minimum absolute atomic E-state index is 0.114. The highest BCUT2D eigenvalue weighted by molar-refractivity contribution is 5.98. The Kier molecular flexibility index (Phi) is 1.89. The SMILES string of the molecule is O=Cc1cn(O)c2ccc([N+](=O)[O-])cc12. The lowest BCUT2D eigenvalue weighted by molar-refractivity contribution is -0.384. The molecule has 1 aromatic carbocycles. The Labute approximate surface area is 83.5 Å². The van der Waals surface area contributed by atoms with Gasteiger partial charge in [0, 0.05) is 23.1 Å². The summed E-state index contributed by atoms with van der Waals surface area (Å²) in [5, 5.41) is 20.2. The van der Waals surface area contributed by atoms with Gasteiger partial charge in [0.2, 0.25) is 0 Å². The summed E-state index contributed by atoms with van der Waals surface area (Å²) in [5.41, 5.74) is 0.468. The predicted octanol–water partition coefficient (Wildman–Crippen LogP) is 1.60. The van der Waals surface area contributed by atoms with E-state index in [9.17, 15) is 20.1 Å². The van der Waals surface area contributed by atoms with E-state index in [2.05, 4.69) is 0 Å². The number of nitrogens with zero attached hydrogens (tertiary/aromatic N) is 2. The number of rotatable bonds is 2. The van der Waals surface area contributed by atoms with Crippen molar-refractivity contribution in [2.75, 3.05) is 0 Å². The first kappa shape index (κ1) is 9.20. The molecule has 2 aromatic rings. The third-order valence-electron chi connectivity index (χ3n) is 2.14. The number of nitro groups is 1. The van der Waals surface area contributed by atoms with E-state index < -0.39 is 4.92 Å². The molecule has 1 heterocycles. The van der Waals surface area contributed by atoms with Crippen LogP contribution < -0.4 is 0 Å². The minimum Gasteiger partial charge on any atom is -0.428 e. The summed E-state index contributed by atoms with van der Waals surface area (Å²) in [7, 11) is 0. The summed E-state index contributed by atoms with van der Waals surface area (Å²) in [6, 6.07) is 3.91. The maximum Gasteiger partial charge on any atom is 0.270 e. The van der Waals surface area contributed by atoms with Crippen molar-refractivity contribution in [3.05, 3.63) is 40.1 Å². The molecule has 0 saturated heterocycles. The number of carbonyl (C=O) groups excluding carboxylic acids is 1. The van der Waals surface area contributed by atoms with Crippen LogP contribution in [0, 0.1) is 10.1 Å². The van der Waals surface area contributed by atoms with Crippen molar-refractivity contribution in [3.8, 4) is 0 Å². The Morgan fingerprint density at radius 2 is 2.20 bits per heavy atom. The average molecular weight is 206 g/mol. The molecule has 0 aliphatic rings. The number of carbonyl (C=O) groups is 1. The number of benzene rings is 1. The Hall–Kier alpha value is -2.37. The Morgan fingerprint density at radius 3 is 2.80 bits per heavy atom. The van der Waals surface area contributed by atoms with Gasteiger partial charge in [0.15, 0.2) is 6.29 Å². The van der Waals surface area contributed by atoms with Gasteiger partial charge in [-0.3, -0.25) is 14.9 Å². The largest absolute Gasteiger partial charge is 0.428 e. The first-order valence-electron chi connectivity index (χ1n) is 4.07. The first-order valence-corrected chi connectivity index (χ1v) is 4.07. The zero-order valence-electron chi connectivity index (χ0n) is 7.45. The van der Waals surface area contributed by atoms with E-state index in [0.717, 1.165) is 4.73 Å². The van der Waals surface area contributed by atoms with Gasteiger partial charge < -0.3 is 5.21 Å². The molecule has 0 aliphatic heterocycles. The van der Waals surface area contributed by atoms with Gasteiger partial charge >= 0.3 is 0 Å². The van der Waals surface area contributed by atoms with Crippen molar-refractivity contribution < 1.29 is 14.9 Å². The molecular weight excluding hydrogens is 200 g/mol. The van der Waals surface area contributed by atoms with E-state index in [1.165, 1.54) is 24.4 Å². The molecule has 1 aromatic heterocycles. The van der Waals surface area contributed by atoms with Crippen molar-refractivity contribution in [2.45, 2.75) is 0 Å². The Balaban J connectivity index is 2.79. The molecule has 2 rings (SSSR count). The molecule has 6 nitrogen and oxygen atoms in total. The molecule has 15 heavy (non-hydrogen) atoms. The molecule has 0 radical (unpaired) electrons. The molecule has 0 bridgehead atoms. The second-order valence-electron chi connectivity index (χ2n) is 3.01. The zero-order chi connectivity index (χ0) is 11.0. The van der Waals surface area contributed by atoms with E-state index >= 15 is 0 Å². The smallest absolute Gasteiger partial charge is 0.270 e. The van der Waals surface area contributed by atoms with Gasteiger partial charge in [0.1, 0.15) is 0 Å². The van der Waals surface area contributed by atoms with Gasteiger partial charge in [-0.15, -0.1) is 0 Å². The molecule has 0 unspecified atom stereocenters. The van der Waals surface area contributed by atoms with Crippen molar-refractivity contribution in [3.63, 3.8) is 0 Å². The van der Waals surface area contributed by atoms with Gasteiger partial charge in [0.05, 0.1) is 16.6 Å². The van der Waals surface area contributed by atoms with E-state index in [1.807, 2.05) is 0 Å². The van der Waals surface area contributed by atoms with Crippen LogP contribution in [0.4, 0.5) is 5.69 Å². The van der Waals surface area contributed by atoms with Crippen molar-refractivity contribution >= 4 is 22.9 Å². The van der Waals surface area contributed by atoms with E-state index in [-0.39, 0.29) is 11.3 Å². The van der Waals surface area contributed by atoms with Crippen LogP contribution in [-0.2, 0) is 0 Å². The van der Waals surface area contributed by atoms with E-state index in [1.54, 1.807) is 0 Å². The molecule has 0 spiro atoms. The molecule has 0 saturated carbocycles. The van der Waals surface area contributed by atoms with Crippen LogP contribution in [0.25, 0.3) is 10.9 Å². The Morgan fingerprint density at radius 1 is 1.47 bits per heavy atom. The molecule has 0 aliphatic carbocycles. The van der Waals surface area contributed by atoms with Gasteiger partial charge in [-0.05, 0) is 6.07 Å². The van der Waals surface area contributed by atoms with Crippen LogP contribution in [0.2, 0.25) is 0 Å². The van der Waals surface area contributed by atoms with E-state index in [0.29, 0.717) is 17.2 Å². The van der Waals surface area contributed by atoms with Crippen LogP contribution in [0.1, 0.15) is 10.4 Å². The van der Waals surface area contributed by atoms with Crippen LogP contribution in [0.15, 0.2) is 24.4 Å². The maximum absolute atomic E-state index is 10.6. The monoisotopic (exact) mass is 206 g/mol. The summed E-state index contributed by atoms with van der Waals surface area (Å²) in [5.74, 6) is 0. The number of aromatic nitrogens is 1. The lowest BCUT2D eigenvalue weighted by Crippen LogP contribution is -1.89. The molecule has 1 N–H and O–H groups in total. The van der Waals surface area contributed by atoms with Crippen molar-refractivity contribution in [2.24, 2.45) is 0 Å². The molecule has 6 heteroatoms. The van der Waals surface area contributed by atoms with Crippen molar-refractivity contribution in [1.29, 1.82) is 0 Å². The van der Waals surface area contributed by atoms with Gasteiger partial charge in [-0.2, -0.15) is 4.73 Å². The molecule has 76 valence electrons. The maximum atomic E-state index is 10.6. The average Bonchev–Trinajstić information content (AvgIpc) is 2.55. The van der Waals surface area contributed by atoms with Gasteiger partial charge in [0.25, 0.3) is 5.69 Å². The predicted molar refractivity (Wildman–Crippen MR) is 51.2 cm³/mol. The number of hydrogen-bond acceptors (Lipinski definition) is 4. The zero-order valence-corrected chi connectivity index (χ0v) is 7.45. The quantitative estimate of drug-likeness (QED) is 0.350. The van der Waals surface area contributed by atoms with Gasteiger partial charge in [-0.1, -0.05) is 0 Å². The number of fused-ring (bicyclic) bond motifs is 1. The van der Waals surface area contributed by atoms with Gasteiger partial charge in [-0.25, -0.2) is 0 Å². The fourth-order valence-electron chi connectivity index (χ4n) is 1.43. The topological polar surface area (TPSA) is 85.4 Å². The number of hydrogen-bond donors (Lipinski definition) is 1. The third-order valence-corrected chi connectivity index (χ3v) is 2.14. The Bertz CT molecular complexity index is 558. The fraction of sp³-hybridized carbons (Fsp3) is 0. The summed E-state index contributed by atoms with van der Waals surface area (Å²) in [4.78, 5) is 20.6. The number of aldehydes is 1. The summed E-state index contributed by atoms with van der Waals surface area (Å²) < 4.78 is 0.767. The lowest BCUT2D eigenvalue weighted by Gasteiger charge is -1.94. The van der Waals surface area contributed by atoms with Crippen LogP contribution in [0.3, 0.4) is 0 Å². The minimum atomic E-state index is -0.553. The molecule has 0 fully saturated rings. The van der Waals surface area contributed by atoms with Crippen LogP contribution >= 0.6 is 0 Å². The summed E-state index contributed by atoms with van der Waals surface area (Å²) in [6.07, 6.45) is 1.75. The molecular formula is C9H6N2O4. The summed E-state index contributed by atoms with van der Waals surface area (Å²) in [6.45, 7) is 0. The molecule has 0 atom stereocenters. The number of nitro benzene ring substituents is 1. The highest BCUT2D eigenvalue weighted by atomic mass is 16.6. The van der Waals surface area contributed by atoms with Crippen LogP contribution in [-0.4, -0.2) is 21.1 Å². The normalized spacial score (nSPS) is 10.4. The lowest BCUT2D eigenvalue weighted by atomic mass is 10.2.